The Morgan fingerprint density at radius 1 is 1.17 bits per heavy atom. The van der Waals surface area contributed by atoms with Gasteiger partial charge in [0.25, 0.3) is 5.91 Å². The number of aryl methyl sites for hydroxylation is 1. The van der Waals surface area contributed by atoms with Crippen LogP contribution in [0.1, 0.15) is 30.5 Å². The van der Waals surface area contributed by atoms with Crippen LogP contribution in [0.25, 0.3) is 0 Å². The Morgan fingerprint density at radius 2 is 1.93 bits per heavy atom. The van der Waals surface area contributed by atoms with Crippen LogP contribution in [0.3, 0.4) is 0 Å². The predicted octanol–water partition coefficient (Wildman–Crippen LogP) is 1.87. The van der Waals surface area contributed by atoms with E-state index in [0.29, 0.717) is 38.0 Å². The van der Waals surface area contributed by atoms with E-state index < -0.39 is 15.7 Å². The summed E-state index contributed by atoms with van der Waals surface area (Å²) in [6, 6.07) is 6.11. The van der Waals surface area contributed by atoms with E-state index in [4.69, 9.17) is 9.57 Å². The zero-order valence-corrected chi connectivity index (χ0v) is 17.3. The highest BCUT2D eigenvalue weighted by atomic mass is 32.2. The third kappa shape index (κ3) is 4.65. The second-order valence-electron chi connectivity index (χ2n) is 7.30. The fourth-order valence-electron chi connectivity index (χ4n) is 2.95. The number of hydrogen-bond acceptors (Lipinski definition) is 8. The highest BCUT2D eigenvalue weighted by molar-refractivity contribution is 7.92. The molecule has 1 N–H and O–H groups in total. The fourth-order valence-corrected chi connectivity index (χ4v) is 4.61. The van der Waals surface area contributed by atoms with Crippen molar-refractivity contribution in [2.45, 2.75) is 42.4 Å². The van der Waals surface area contributed by atoms with E-state index in [0.717, 1.165) is 5.69 Å². The van der Waals surface area contributed by atoms with Gasteiger partial charge in [0.2, 0.25) is 0 Å². The lowest BCUT2D eigenvalue weighted by molar-refractivity contribution is -0.110. The molecular formula is C20H22N4O5S. The molecular weight excluding hydrogens is 408 g/mol. The summed E-state index contributed by atoms with van der Waals surface area (Å²) in [6.45, 7) is 2.77. The number of hydrogen-bond donors (Lipinski definition) is 1. The predicted molar refractivity (Wildman–Crippen MR) is 109 cm³/mol. The first-order valence-electron chi connectivity index (χ1n) is 9.69. The molecule has 0 bridgehead atoms. The van der Waals surface area contributed by atoms with Crippen LogP contribution in [-0.4, -0.2) is 54.6 Å². The van der Waals surface area contributed by atoms with E-state index >= 15 is 0 Å². The Kier molecular flexibility index (Phi) is 5.78. The van der Waals surface area contributed by atoms with Gasteiger partial charge < -0.3 is 14.9 Å². The second kappa shape index (κ2) is 8.49. The van der Waals surface area contributed by atoms with Crippen molar-refractivity contribution in [1.29, 1.82) is 0 Å². The van der Waals surface area contributed by atoms with Crippen molar-refractivity contribution < 1.29 is 22.8 Å². The molecule has 2 heterocycles. The molecule has 0 unspecified atom stereocenters. The molecule has 9 nitrogen and oxygen atoms in total. The Balaban J connectivity index is 1.58. The van der Waals surface area contributed by atoms with Gasteiger partial charge in [-0.05, 0) is 31.9 Å². The van der Waals surface area contributed by atoms with E-state index in [1.54, 1.807) is 19.1 Å². The van der Waals surface area contributed by atoms with Gasteiger partial charge in [-0.15, -0.1) is 0 Å². The minimum atomic E-state index is -3.31. The van der Waals surface area contributed by atoms with Gasteiger partial charge in [0, 0.05) is 12.0 Å². The highest BCUT2D eigenvalue weighted by Crippen LogP contribution is 2.33. The monoisotopic (exact) mass is 430 g/mol. The largest absolute Gasteiger partial charge is 0.389 e. The molecule has 4 rings (SSSR count). The number of benzene rings is 1. The van der Waals surface area contributed by atoms with Crippen molar-refractivity contribution in [3.05, 3.63) is 47.9 Å². The lowest BCUT2D eigenvalue weighted by Crippen LogP contribution is -2.26. The lowest BCUT2D eigenvalue weighted by Gasteiger charge is -2.11. The maximum absolute atomic E-state index is 12.9. The molecule has 1 aromatic carbocycles. The number of ether oxygens (including phenoxy) is 1. The number of nitrogens with one attached hydrogen (secondary N) is 1. The SMILES string of the molecule is Cc1cnc(NC(=O)C(=NO[C@@H]2CCOC2)c2ccc(S(=O)(=O)C3CC3)cc2)cn1. The van der Waals surface area contributed by atoms with Gasteiger partial charge in [-0.25, -0.2) is 13.4 Å². The molecule has 158 valence electrons. The normalized spacial score (nSPS) is 19.5. The summed E-state index contributed by atoms with van der Waals surface area (Å²) in [5, 5.41) is 6.40. The first-order valence-corrected chi connectivity index (χ1v) is 11.2. The second-order valence-corrected chi connectivity index (χ2v) is 9.52. The summed E-state index contributed by atoms with van der Waals surface area (Å²) in [6.07, 6.45) is 4.81. The molecule has 2 aliphatic rings. The lowest BCUT2D eigenvalue weighted by atomic mass is 10.1. The molecule has 2 aromatic rings. The van der Waals surface area contributed by atoms with E-state index in [1.807, 2.05) is 0 Å². The quantitative estimate of drug-likeness (QED) is 0.526. The van der Waals surface area contributed by atoms with Gasteiger partial charge in [0.05, 0.1) is 41.4 Å². The molecule has 1 saturated carbocycles. The molecule has 1 atom stereocenters. The molecule has 1 aliphatic carbocycles. The van der Waals surface area contributed by atoms with Gasteiger partial charge >= 0.3 is 0 Å². The van der Waals surface area contributed by atoms with Crippen LogP contribution >= 0.6 is 0 Å². The average molecular weight is 430 g/mol. The van der Waals surface area contributed by atoms with Crippen molar-refractivity contribution in [2.75, 3.05) is 18.5 Å². The Labute approximate surface area is 174 Å². The number of nitrogens with zero attached hydrogens (tertiary/aromatic N) is 3. The van der Waals surface area contributed by atoms with Gasteiger partial charge in [-0.3, -0.25) is 9.78 Å². The first kappa shape index (κ1) is 20.4. The van der Waals surface area contributed by atoms with Gasteiger partial charge in [0.15, 0.2) is 27.5 Å². The van der Waals surface area contributed by atoms with Crippen molar-refractivity contribution in [1.82, 2.24) is 9.97 Å². The van der Waals surface area contributed by atoms with Crippen LogP contribution in [0.2, 0.25) is 0 Å². The summed E-state index contributed by atoms with van der Waals surface area (Å²) in [4.78, 5) is 26.8. The maximum atomic E-state index is 12.9. The zero-order chi connectivity index (χ0) is 21.1. The Hall–Kier alpha value is -2.85. The summed E-state index contributed by atoms with van der Waals surface area (Å²) in [5.41, 5.74) is 1.17. The van der Waals surface area contributed by atoms with Crippen LogP contribution < -0.4 is 5.32 Å². The summed E-state index contributed by atoms with van der Waals surface area (Å²) < 4.78 is 30.1. The topological polar surface area (TPSA) is 120 Å². The van der Waals surface area contributed by atoms with Gasteiger partial charge in [-0.2, -0.15) is 0 Å². The molecule has 1 amide bonds. The third-order valence-corrected chi connectivity index (χ3v) is 7.12. The average Bonchev–Trinajstić information content (AvgIpc) is 3.48. The number of anilines is 1. The maximum Gasteiger partial charge on any atom is 0.279 e. The minimum Gasteiger partial charge on any atom is -0.389 e. The number of sulfone groups is 1. The number of amides is 1. The molecule has 30 heavy (non-hydrogen) atoms. The number of carbonyl (C=O) groups is 1. The number of oxime groups is 1. The molecule has 1 aliphatic heterocycles. The van der Waals surface area contributed by atoms with Crippen molar-refractivity contribution in [3.63, 3.8) is 0 Å². The van der Waals surface area contributed by atoms with E-state index in [1.165, 1.54) is 24.5 Å². The van der Waals surface area contributed by atoms with E-state index in [-0.39, 0.29) is 27.8 Å². The van der Waals surface area contributed by atoms with Crippen LogP contribution in [0, 0.1) is 6.92 Å². The van der Waals surface area contributed by atoms with E-state index in [9.17, 15) is 13.2 Å². The smallest absolute Gasteiger partial charge is 0.279 e. The van der Waals surface area contributed by atoms with Gasteiger partial charge in [-0.1, -0.05) is 17.3 Å². The van der Waals surface area contributed by atoms with Crippen LogP contribution in [-0.2, 0) is 24.2 Å². The van der Waals surface area contributed by atoms with Gasteiger partial charge in [0.1, 0.15) is 0 Å². The van der Waals surface area contributed by atoms with E-state index in [2.05, 4.69) is 20.4 Å². The van der Waals surface area contributed by atoms with Crippen LogP contribution in [0.15, 0.2) is 46.7 Å². The zero-order valence-electron chi connectivity index (χ0n) is 16.4. The highest BCUT2D eigenvalue weighted by Gasteiger charge is 2.36. The molecule has 1 saturated heterocycles. The number of aromatic nitrogens is 2. The standard InChI is InChI=1S/C20H22N4O5S/c1-13-10-22-18(11-21-13)23-20(25)19(24-29-15-8-9-28-12-15)14-2-4-16(5-3-14)30(26,27)17-6-7-17/h2-5,10-11,15,17H,6-9,12H2,1H3,(H,22,23,25)/t15-/m1/s1. The number of rotatable bonds is 7. The Bertz CT molecular complexity index is 1040. The Morgan fingerprint density at radius 3 is 2.53 bits per heavy atom. The van der Waals surface area contributed by atoms with Crippen molar-refractivity contribution in [3.8, 4) is 0 Å². The van der Waals surface area contributed by atoms with Crippen LogP contribution in [0.5, 0.6) is 0 Å². The minimum absolute atomic E-state index is 0.0136. The summed E-state index contributed by atoms with van der Waals surface area (Å²) >= 11 is 0. The molecule has 2 fully saturated rings. The summed E-state index contributed by atoms with van der Waals surface area (Å²) in [7, 11) is -3.31. The molecule has 1 aromatic heterocycles. The third-order valence-electron chi connectivity index (χ3n) is 4.84. The van der Waals surface area contributed by atoms with Crippen molar-refractivity contribution >= 4 is 27.3 Å². The fraction of sp³-hybridized carbons (Fsp3) is 0.400. The number of carbonyl (C=O) groups excluding carboxylic acids is 1. The molecule has 0 spiro atoms. The first-order chi connectivity index (χ1) is 14.4. The molecule has 10 heteroatoms. The molecule has 0 radical (unpaired) electrons. The van der Waals surface area contributed by atoms with Crippen LogP contribution in [0.4, 0.5) is 5.82 Å². The summed E-state index contributed by atoms with van der Waals surface area (Å²) in [5.74, 6) is -0.264. The van der Waals surface area contributed by atoms with Crippen molar-refractivity contribution in [2.24, 2.45) is 5.16 Å².